The lowest BCUT2D eigenvalue weighted by atomic mass is 10.1. The molecular formula is C34H35NO6. The molecule has 7 nitrogen and oxygen atoms in total. The predicted octanol–water partition coefficient (Wildman–Crippen LogP) is 5.53. The molecule has 4 aromatic rings. The molecule has 0 aliphatic carbocycles. The zero-order chi connectivity index (χ0) is 28.5. The minimum atomic E-state index is -0.970. The first-order valence-electron chi connectivity index (χ1n) is 13.6. The summed E-state index contributed by atoms with van der Waals surface area (Å²) in [5.74, 6) is 0. The van der Waals surface area contributed by atoms with Crippen LogP contribution in [0.15, 0.2) is 121 Å². The summed E-state index contributed by atoms with van der Waals surface area (Å²) < 4.78 is 18.8. The van der Waals surface area contributed by atoms with Gasteiger partial charge in [0.25, 0.3) is 0 Å². The Morgan fingerprint density at radius 3 is 1.39 bits per heavy atom. The van der Waals surface area contributed by atoms with Gasteiger partial charge in [-0.2, -0.15) is 0 Å². The topological polar surface area (TPSA) is 74.3 Å². The molecule has 0 spiro atoms. The van der Waals surface area contributed by atoms with Crippen molar-refractivity contribution in [2.45, 2.75) is 44.7 Å². The summed E-state index contributed by atoms with van der Waals surface area (Å²) in [6.07, 6.45) is -1.24. The molecule has 1 amide bonds. The van der Waals surface area contributed by atoms with E-state index in [0.29, 0.717) is 6.41 Å². The number of amides is 1. The molecule has 0 aliphatic rings. The first-order valence-corrected chi connectivity index (χ1v) is 13.6. The summed E-state index contributed by atoms with van der Waals surface area (Å²) in [6.45, 7) is 0.889. The fourth-order valence-electron chi connectivity index (χ4n) is 4.22. The Bertz CT molecular complexity index is 1270. The highest BCUT2D eigenvalue weighted by Gasteiger charge is 2.34. The first kappa shape index (κ1) is 29.8. The maximum absolute atomic E-state index is 12.4. The van der Waals surface area contributed by atoms with E-state index in [1.165, 1.54) is 5.06 Å². The molecule has 7 heteroatoms. The molecule has 0 unspecified atom stereocenters. The van der Waals surface area contributed by atoms with Crippen LogP contribution in [0.5, 0.6) is 0 Å². The second-order valence-corrected chi connectivity index (χ2v) is 9.46. The second-order valence-electron chi connectivity index (χ2n) is 9.46. The molecule has 0 aliphatic heterocycles. The normalized spacial score (nSPS) is 13.2. The van der Waals surface area contributed by atoms with Crippen molar-refractivity contribution in [2.24, 2.45) is 0 Å². The van der Waals surface area contributed by atoms with Crippen molar-refractivity contribution in [3.8, 4) is 0 Å². The quantitative estimate of drug-likeness (QED) is 0.119. The predicted molar refractivity (Wildman–Crippen MR) is 155 cm³/mol. The van der Waals surface area contributed by atoms with Gasteiger partial charge in [0, 0.05) is 0 Å². The molecule has 0 fully saturated rings. The molecule has 4 rings (SSSR count). The lowest BCUT2D eigenvalue weighted by Crippen LogP contribution is -2.48. The Morgan fingerprint density at radius 1 is 0.537 bits per heavy atom. The minimum absolute atomic E-state index is 0.0155. The lowest BCUT2D eigenvalue weighted by Gasteiger charge is -2.33. The van der Waals surface area contributed by atoms with Crippen LogP contribution in [0.4, 0.5) is 0 Å². The monoisotopic (exact) mass is 553 g/mol. The van der Waals surface area contributed by atoms with Gasteiger partial charge < -0.3 is 19.0 Å². The molecule has 3 atom stereocenters. The number of aldehydes is 1. The Hall–Kier alpha value is -4.14. The van der Waals surface area contributed by atoms with Crippen molar-refractivity contribution in [1.29, 1.82) is 0 Å². The Balaban J connectivity index is 1.56. The highest BCUT2D eigenvalue weighted by Crippen LogP contribution is 2.19. The number of carbonyl (C=O) groups excluding carboxylic acids is 2. The summed E-state index contributed by atoms with van der Waals surface area (Å²) in [5.41, 5.74) is 3.70. The van der Waals surface area contributed by atoms with Gasteiger partial charge in [0.05, 0.1) is 26.4 Å². The zero-order valence-corrected chi connectivity index (χ0v) is 22.9. The third kappa shape index (κ3) is 10.1. The molecule has 0 aromatic heterocycles. The average molecular weight is 554 g/mol. The van der Waals surface area contributed by atoms with Gasteiger partial charge in [0.2, 0.25) is 6.41 Å². The summed E-state index contributed by atoms with van der Waals surface area (Å²) >= 11 is 0. The summed E-state index contributed by atoms with van der Waals surface area (Å²) in [4.78, 5) is 30.4. The van der Waals surface area contributed by atoms with E-state index in [2.05, 4.69) is 0 Å². The fraction of sp³-hybridized carbons (Fsp3) is 0.235. The van der Waals surface area contributed by atoms with Gasteiger partial charge in [0.15, 0.2) is 6.29 Å². The van der Waals surface area contributed by atoms with Gasteiger partial charge in [-0.05, 0) is 22.3 Å². The standard InChI is InChI=1S/C34H35NO6/c36-22-33(39-24-29-15-7-2-8-16-29)34(40-25-30-17-9-3-10-18-30)32(38-23-28-13-5-1-6-14-28)21-35(27-37)41-26-31-19-11-4-12-20-31/h1-20,22,27,32-34H,21,23-26H2/t32-,33+,34-/m0/s1. The van der Waals surface area contributed by atoms with E-state index in [4.69, 9.17) is 19.0 Å². The number of hydrogen-bond acceptors (Lipinski definition) is 6. The Labute approximate surface area is 241 Å². The SMILES string of the molecule is O=C[C@@H](OCc1ccccc1)[C@@H](OCc1ccccc1)[C@H](CN(C=O)OCc1ccccc1)OCc1ccccc1. The van der Waals surface area contributed by atoms with Crippen molar-refractivity contribution in [3.05, 3.63) is 144 Å². The van der Waals surface area contributed by atoms with E-state index in [-0.39, 0.29) is 33.0 Å². The number of ether oxygens (including phenoxy) is 3. The van der Waals surface area contributed by atoms with Crippen LogP contribution in [0.25, 0.3) is 0 Å². The number of rotatable bonds is 18. The Morgan fingerprint density at radius 2 is 0.951 bits per heavy atom. The van der Waals surface area contributed by atoms with Gasteiger partial charge >= 0.3 is 0 Å². The number of benzene rings is 4. The van der Waals surface area contributed by atoms with Crippen molar-refractivity contribution >= 4 is 12.7 Å². The van der Waals surface area contributed by atoms with Crippen molar-refractivity contribution < 1.29 is 28.6 Å². The summed E-state index contributed by atoms with van der Waals surface area (Å²) in [6, 6.07) is 38.5. The third-order valence-electron chi connectivity index (χ3n) is 6.42. The third-order valence-corrected chi connectivity index (χ3v) is 6.42. The largest absolute Gasteiger partial charge is 0.369 e. The van der Waals surface area contributed by atoms with Gasteiger partial charge in [-0.3, -0.25) is 9.63 Å². The second kappa shape index (κ2) is 16.8. The number of hydroxylamine groups is 2. The minimum Gasteiger partial charge on any atom is -0.369 e. The van der Waals surface area contributed by atoms with E-state index in [1.54, 1.807) is 0 Å². The van der Waals surface area contributed by atoms with Crippen LogP contribution in [0.2, 0.25) is 0 Å². The molecule has 0 bridgehead atoms. The van der Waals surface area contributed by atoms with Gasteiger partial charge in [-0.25, -0.2) is 5.06 Å². The molecule has 0 N–H and O–H groups in total. The maximum Gasteiger partial charge on any atom is 0.233 e. The molecule has 0 radical (unpaired) electrons. The first-order chi connectivity index (χ1) is 20.2. The lowest BCUT2D eigenvalue weighted by molar-refractivity contribution is -0.207. The molecule has 0 saturated heterocycles. The van der Waals surface area contributed by atoms with E-state index < -0.39 is 18.3 Å². The van der Waals surface area contributed by atoms with Crippen LogP contribution in [0.3, 0.4) is 0 Å². The van der Waals surface area contributed by atoms with E-state index in [9.17, 15) is 9.59 Å². The van der Waals surface area contributed by atoms with E-state index in [1.807, 2.05) is 121 Å². The Kier molecular flexibility index (Phi) is 12.3. The smallest absolute Gasteiger partial charge is 0.233 e. The van der Waals surface area contributed by atoms with Gasteiger partial charge in [-0.1, -0.05) is 121 Å². The molecule has 0 heterocycles. The van der Waals surface area contributed by atoms with Crippen LogP contribution in [-0.4, -0.2) is 42.6 Å². The van der Waals surface area contributed by atoms with E-state index >= 15 is 0 Å². The molecular weight excluding hydrogens is 518 g/mol. The average Bonchev–Trinajstić information content (AvgIpc) is 3.04. The molecule has 4 aromatic carbocycles. The van der Waals surface area contributed by atoms with Crippen molar-refractivity contribution in [1.82, 2.24) is 5.06 Å². The van der Waals surface area contributed by atoms with Crippen LogP contribution >= 0.6 is 0 Å². The van der Waals surface area contributed by atoms with Crippen molar-refractivity contribution in [3.63, 3.8) is 0 Å². The van der Waals surface area contributed by atoms with Gasteiger partial charge in [0.1, 0.15) is 24.9 Å². The summed E-state index contributed by atoms with van der Waals surface area (Å²) in [7, 11) is 0. The highest BCUT2D eigenvalue weighted by atomic mass is 16.7. The number of nitrogens with zero attached hydrogens (tertiary/aromatic N) is 1. The highest BCUT2D eigenvalue weighted by molar-refractivity contribution is 5.57. The fourth-order valence-corrected chi connectivity index (χ4v) is 4.22. The zero-order valence-electron chi connectivity index (χ0n) is 22.9. The molecule has 212 valence electrons. The van der Waals surface area contributed by atoms with Crippen LogP contribution in [0, 0.1) is 0 Å². The van der Waals surface area contributed by atoms with Crippen LogP contribution in [-0.2, 0) is 55.1 Å². The van der Waals surface area contributed by atoms with Gasteiger partial charge in [-0.15, -0.1) is 0 Å². The maximum atomic E-state index is 12.4. The van der Waals surface area contributed by atoms with Crippen LogP contribution in [0.1, 0.15) is 22.3 Å². The van der Waals surface area contributed by atoms with E-state index in [0.717, 1.165) is 28.5 Å². The van der Waals surface area contributed by atoms with Crippen LogP contribution < -0.4 is 0 Å². The van der Waals surface area contributed by atoms with Crippen molar-refractivity contribution in [2.75, 3.05) is 6.54 Å². The molecule has 0 saturated carbocycles. The summed E-state index contributed by atoms with van der Waals surface area (Å²) in [5, 5.41) is 1.18. The number of hydrogen-bond donors (Lipinski definition) is 0. The number of carbonyl (C=O) groups is 2. The molecule has 41 heavy (non-hydrogen) atoms.